The second kappa shape index (κ2) is 6.62. The molecule has 1 unspecified atom stereocenters. The SMILES string of the molecule is COC(=O)c1csc(S(=O)(=O)N2CCC(C)(CN)C2)c1.Cl. The van der Waals surface area contributed by atoms with Gasteiger partial charge in [0.1, 0.15) is 4.21 Å². The van der Waals surface area contributed by atoms with Gasteiger partial charge in [-0.15, -0.1) is 23.7 Å². The van der Waals surface area contributed by atoms with Gasteiger partial charge < -0.3 is 10.5 Å². The van der Waals surface area contributed by atoms with Gasteiger partial charge in [-0.05, 0) is 24.4 Å². The van der Waals surface area contributed by atoms with E-state index in [4.69, 9.17) is 5.73 Å². The molecule has 0 bridgehead atoms. The van der Waals surface area contributed by atoms with E-state index in [1.54, 1.807) is 0 Å². The first kappa shape index (κ1) is 18.4. The van der Waals surface area contributed by atoms with Crippen molar-refractivity contribution in [3.8, 4) is 0 Å². The zero-order valence-corrected chi connectivity index (χ0v) is 14.3. The van der Waals surface area contributed by atoms with Crippen LogP contribution >= 0.6 is 23.7 Å². The summed E-state index contributed by atoms with van der Waals surface area (Å²) in [4.78, 5) is 11.4. The second-order valence-corrected chi connectivity index (χ2v) is 8.33. The Hall–Kier alpha value is -0.670. The number of methoxy groups -OCH3 is 1. The molecule has 1 fully saturated rings. The molecule has 0 aromatic carbocycles. The average molecular weight is 355 g/mol. The van der Waals surface area contributed by atoms with Crippen LogP contribution in [0.15, 0.2) is 15.7 Å². The molecule has 2 heterocycles. The number of rotatable bonds is 4. The highest BCUT2D eigenvalue weighted by Gasteiger charge is 2.39. The smallest absolute Gasteiger partial charge is 0.338 e. The van der Waals surface area contributed by atoms with E-state index in [0.29, 0.717) is 19.6 Å². The van der Waals surface area contributed by atoms with Crippen LogP contribution in [0.5, 0.6) is 0 Å². The Morgan fingerprint density at radius 3 is 2.76 bits per heavy atom. The number of carbonyl (C=O) groups is 1. The fourth-order valence-corrected chi connectivity index (χ4v) is 5.05. The third-order valence-electron chi connectivity index (χ3n) is 3.61. The summed E-state index contributed by atoms with van der Waals surface area (Å²) in [5.74, 6) is -0.532. The van der Waals surface area contributed by atoms with Gasteiger partial charge in [0.15, 0.2) is 0 Å². The number of esters is 1. The maximum Gasteiger partial charge on any atom is 0.338 e. The summed E-state index contributed by atoms with van der Waals surface area (Å²) in [6.07, 6.45) is 0.748. The summed E-state index contributed by atoms with van der Waals surface area (Å²) in [5, 5.41) is 1.50. The molecule has 2 rings (SSSR count). The van der Waals surface area contributed by atoms with E-state index in [1.807, 2.05) is 6.92 Å². The summed E-state index contributed by atoms with van der Waals surface area (Å²) >= 11 is 1.03. The summed E-state index contributed by atoms with van der Waals surface area (Å²) in [6, 6.07) is 1.37. The Bertz CT molecular complexity index is 617. The zero-order chi connectivity index (χ0) is 15.0. The van der Waals surface area contributed by atoms with Gasteiger partial charge >= 0.3 is 5.97 Å². The molecule has 2 N–H and O–H groups in total. The molecule has 0 radical (unpaired) electrons. The van der Waals surface area contributed by atoms with Crippen molar-refractivity contribution in [2.45, 2.75) is 17.6 Å². The molecule has 21 heavy (non-hydrogen) atoms. The highest BCUT2D eigenvalue weighted by atomic mass is 35.5. The Balaban J connectivity index is 0.00000220. The van der Waals surface area contributed by atoms with Crippen LogP contribution in [0.1, 0.15) is 23.7 Å². The molecule has 1 aromatic rings. The molecular formula is C12H19ClN2O4S2. The Morgan fingerprint density at radius 1 is 1.57 bits per heavy atom. The summed E-state index contributed by atoms with van der Waals surface area (Å²) in [7, 11) is -2.29. The highest BCUT2D eigenvalue weighted by molar-refractivity contribution is 7.91. The maximum absolute atomic E-state index is 12.5. The number of nitrogens with zero attached hydrogens (tertiary/aromatic N) is 1. The molecule has 1 atom stereocenters. The predicted molar refractivity (Wildman–Crippen MR) is 83.4 cm³/mol. The van der Waals surface area contributed by atoms with E-state index in [9.17, 15) is 13.2 Å². The normalized spacial score (nSPS) is 22.8. The molecule has 6 nitrogen and oxygen atoms in total. The van der Waals surface area contributed by atoms with Crippen LogP contribution in [0.2, 0.25) is 0 Å². The summed E-state index contributed by atoms with van der Waals surface area (Å²) in [6.45, 7) is 3.31. The third-order valence-corrected chi connectivity index (χ3v) is 6.87. The number of thiophene rings is 1. The minimum atomic E-state index is -3.55. The molecule has 0 saturated carbocycles. The maximum atomic E-state index is 12.5. The van der Waals surface area contributed by atoms with Gasteiger partial charge in [-0.1, -0.05) is 6.92 Å². The van der Waals surface area contributed by atoms with Crippen molar-refractivity contribution in [3.63, 3.8) is 0 Å². The number of ether oxygens (including phenoxy) is 1. The molecular weight excluding hydrogens is 336 g/mol. The largest absolute Gasteiger partial charge is 0.465 e. The topological polar surface area (TPSA) is 89.7 Å². The second-order valence-electron chi connectivity index (χ2n) is 5.25. The molecule has 1 aliphatic rings. The van der Waals surface area contributed by atoms with Gasteiger partial charge in [-0.3, -0.25) is 0 Å². The quantitative estimate of drug-likeness (QED) is 0.823. The Kier molecular flexibility index (Phi) is 5.79. The lowest BCUT2D eigenvalue weighted by molar-refractivity contribution is 0.0601. The van der Waals surface area contributed by atoms with Gasteiger partial charge in [0.25, 0.3) is 10.0 Å². The lowest BCUT2D eigenvalue weighted by Gasteiger charge is -2.21. The van der Waals surface area contributed by atoms with Crippen LogP contribution in [-0.2, 0) is 14.8 Å². The summed E-state index contributed by atoms with van der Waals surface area (Å²) in [5.41, 5.74) is 5.78. The van der Waals surface area contributed by atoms with E-state index in [2.05, 4.69) is 4.74 Å². The molecule has 1 aromatic heterocycles. The highest BCUT2D eigenvalue weighted by Crippen LogP contribution is 2.34. The predicted octanol–water partition coefficient (Wildman–Crippen LogP) is 1.32. The van der Waals surface area contributed by atoms with Gasteiger partial charge in [0, 0.05) is 18.5 Å². The molecule has 120 valence electrons. The molecule has 0 amide bonds. The number of carbonyl (C=O) groups excluding carboxylic acids is 1. The van der Waals surface area contributed by atoms with Crippen LogP contribution in [0.3, 0.4) is 0 Å². The first-order valence-corrected chi connectivity index (χ1v) is 8.51. The molecule has 0 aliphatic carbocycles. The van der Waals surface area contributed by atoms with Crippen LogP contribution in [0.25, 0.3) is 0 Å². The van der Waals surface area contributed by atoms with E-state index >= 15 is 0 Å². The fraction of sp³-hybridized carbons (Fsp3) is 0.583. The Morgan fingerprint density at radius 2 is 2.24 bits per heavy atom. The number of sulfonamides is 1. The van der Waals surface area contributed by atoms with E-state index in [0.717, 1.165) is 17.8 Å². The molecule has 0 spiro atoms. The molecule has 1 saturated heterocycles. The van der Waals surface area contributed by atoms with Gasteiger partial charge in [0.05, 0.1) is 12.7 Å². The lowest BCUT2D eigenvalue weighted by atomic mass is 9.90. The van der Waals surface area contributed by atoms with Crippen molar-refractivity contribution in [2.24, 2.45) is 11.1 Å². The fourth-order valence-electron chi connectivity index (χ4n) is 2.15. The lowest BCUT2D eigenvalue weighted by Crippen LogP contribution is -2.34. The monoisotopic (exact) mass is 354 g/mol. The van der Waals surface area contributed by atoms with Crippen LogP contribution in [0.4, 0.5) is 0 Å². The van der Waals surface area contributed by atoms with E-state index in [-0.39, 0.29) is 27.6 Å². The Labute approximate surface area is 134 Å². The number of hydrogen-bond donors (Lipinski definition) is 1. The van der Waals surface area contributed by atoms with Crippen LogP contribution in [0, 0.1) is 5.41 Å². The zero-order valence-electron chi connectivity index (χ0n) is 11.9. The van der Waals surface area contributed by atoms with Crippen LogP contribution < -0.4 is 5.73 Å². The number of nitrogens with two attached hydrogens (primary N) is 1. The molecule has 1 aliphatic heterocycles. The van der Waals surface area contributed by atoms with Crippen molar-refractivity contribution >= 4 is 39.7 Å². The minimum Gasteiger partial charge on any atom is -0.465 e. The van der Waals surface area contributed by atoms with Crippen molar-refractivity contribution in [2.75, 3.05) is 26.7 Å². The number of hydrogen-bond acceptors (Lipinski definition) is 6. The number of halogens is 1. The van der Waals surface area contributed by atoms with Crippen molar-refractivity contribution in [1.29, 1.82) is 0 Å². The summed E-state index contributed by atoms with van der Waals surface area (Å²) < 4.78 is 31.2. The minimum absolute atomic E-state index is 0. The van der Waals surface area contributed by atoms with Crippen molar-refractivity contribution in [1.82, 2.24) is 4.31 Å². The van der Waals surface area contributed by atoms with Gasteiger partial charge in [0.2, 0.25) is 0 Å². The van der Waals surface area contributed by atoms with Gasteiger partial charge in [-0.2, -0.15) is 4.31 Å². The van der Waals surface area contributed by atoms with Crippen molar-refractivity contribution < 1.29 is 17.9 Å². The first-order chi connectivity index (χ1) is 9.32. The van der Waals surface area contributed by atoms with E-state index in [1.165, 1.54) is 22.9 Å². The van der Waals surface area contributed by atoms with Gasteiger partial charge in [-0.25, -0.2) is 13.2 Å². The molecule has 9 heteroatoms. The van der Waals surface area contributed by atoms with Crippen molar-refractivity contribution in [3.05, 3.63) is 17.0 Å². The van der Waals surface area contributed by atoms with E-state index < -0.39 is 16.0 Å². The van der Waals surface area contributed by atoms with Crippen LogP contribution in [-0.4, -0.2) is 45.4 Å². The standard InChI is InChI=1S/C12H18N2O4S2.ClH/c1-12(7-13)3-4-14(8-12)20(16,17)10-5-9(6-19-10)11(15)18-2;/h5-6H,3-4,7-8,13H2,1-2H3;1H. The first-order valence-electron chi connectivity index (χ1n) is 6.19. The average Bonchev–Trinajstić information content (AvgIpc) is 3.05. The third kappa shape index (κ3) is 3.57.